The number of aromatic nitrogens is 3. The smallest absolute Gasteiger partial charge is 0.333 e. The molecule has 22 heavy (non-hydrogen) atoms. The van der Waals surface area contributed by atoms with Crippen LogP contribution in [0.1, 0.15) is 19.8 Å². The van der Waals surface area contributed by atoms with E-state index >= 15 is 0 Å². The molecule has 0 spiro atoms. The monoisotopic (exact) mass is 303 g/mol. The lowest BCUT2D eigenvalue weighted by molar-refractivity contribution is -0.139. The Hall–Kier alpha value is -2.70. The van der Waals surface area contributed by atoms with Crippen LogP contribution in [0.4, 0.5) is 0 Å². The number of hydrogen-bond acceptors (Lipinski definition) is 6. The Morgan fingerprint density at radius 3 is 2.77 bits per heavy atom. The summed E-state index contributed by atoms with van der Waals surface area (Å²) >= 11 is 0. The third-order valence-electron chi connectivity index (χ3n) is 2.88. The molecule has 0 aliphatic carbocycles. The van der Waals surface area contributed by atoms with E-state index in [4.69, 9.17) is 9.57 Å². The highest BCUT2D eigenvalue weighted by Crippen LogP contribution is 2.02. The molecule has 0 saturated carbocycles. The molecule has 0 radical (unpaired) electrons. The van der Waals surface area contributed by atoms with Gasteiger partial charge in [-0.1, -0.05) is 18.7 Å². The van der Waals surface area contributed by atoms with Gasteiger partial charge in [0.2, 0.25) is 0 Å². The van der Waals surface area contributed by atoms with Crippen LogP contribution in [-0.4, -0.2) is 34.3 Å². The highest BCUT2D eigenvalue weighted by atomic mass is 16.7. The topological polar surface area (TPSA) is 83.3 Å². The summed E-state index contributed by atoms with van der Waals surface area (Å²) in [4.78, 5) is 29.4. The fourth-order valence-electron chi connectivity index (χ4n) is 1.70. The van der Waals surface area contributed by atoms with Crippen LogP contribution < -0.4 is 10.4 Å². The van der Waals surface area contributed by atoms with Crippen molar-refractivity contribution in [1.29, 1.82) is 0 Å². The Kier molecular flexibility index (Phi) is 5.24. The van der Waals surface area contributed by atoms with Gasteiger partial charge in [-0.05, 0) is 42.0 Å². The highest BCUT2D eigenvalue weighted by molar-refractivity contribution is 5.86. The molecule has 1 heterocycles. The zero-order chi connectivity index (χ0) is 15.9. The molecule has 0 atom stereocenters. The zero-order valence-corrected chi connectivity index (χ0v) is 12.3. The van der Waals surface area contributed by atoms with Crippen LogP contribution in [0.25, 0.3) is 10.9 Å². The van der Waals surface area contributed by atoms with Gasteiger partial charge in [0.15, 0.2) is 0 Å². The van der Waals surface area contributed by atoms with Crippen molar-refractivity contribution in [2.24, 2.45) is 0 Å². The van der Waals surface area contributed by atoms with Crippen LogP contribution in [0.15, 0.2) is 41.2 Å². The molecule has 0 unspecified atom stereocenters. The predicted octanol–water partition coefficient (Wildman–Crippen LogP) is 1.12. The van der Waals surface area contributed by atoms with E-state index in [0.29, 0.717) is 29.3 Å². The number of benzene rings is 1. The summed E-state index contributed by atoms with van der Waals surface area (Å²) in [5.74, 6) is -0.405. The normalized spacial score (nSPS) is 10.4. The Labute approximate surface area is 127 Å². The Morgan fingerprint density at radius 2 is 2.00 bits per heavy atom. The maximum Gasteiger partial charge on any atom is 0.333 e. The van der Waals surface area contributed by atoms with Gasteiger partial charge in [-0.15, -0.1) is 5.10 Å². The average Bonchev–Trinajstić information content (AvgIpc) is 2.52. The minimum atomic E-state index is -0.405. The van der Waals surface area contributed by atoms with E-state index < -0.39 is 5.97 Å². The SMILES string of the molecule is C=C(C)C(=O)OCCCCOn1nnc2ccccc2c1=O. The lowest BCUT2D eigenvalue weighted by Gasteiger charge is -2.07. The first-order valence-electron chi connectivity index (χ1n) is 6.90. The minimum Gasteiger partial charge on any atom is -0.462 e. The second-order valence-corrected chi connectivity index (χ2v) is 4.74. The summed E-state index contributed by atoms with van der Waals surface area (Å²) in [5, 5.41) is 8.07. The third-order valence-corrected chi connectivity index (χ3v) is 2.88. The molecular weight excluding hydrogens is 286 g/mol. The molecular formula is C15H17N3O4. The van der Waals surface area contributed by atoms with Gasteiger partial charge in [-0.2, -0.15) is 0 Å². The molecule has 1 aromatic heterocycles. The number of hydrogen-bond donors (Lipinski definition) is 0. The number of unbranched alkanes of at least 4 members (excludes halogenated alkanes) is 1. The van der Waals surface area contributed by atoms with Crippen molar-refractivity contribution >= 4 is 16.9 Å². The average molecular weight is 303 g/mol. The first-order valence-corrected chi connectivity index (χ1v) is 6.90. The lowest BCUT2D eigenvalue weighted by atomic mass is 10.2. The van der Waals surface area contributed by atoms with Crippen LogP contribution in [0.5, 0.6) is 0 Å². The van der Waals surface area contributed by atoms with Gasteiger partial charge in [0, 0.05) is 5.57 Å². The first-order chi connectivity index (χ1) is 10.6. The number of carbonyl (C=O) groups is 1. The fraction of sp³-hybridized carbons (Fsp3) is 0.333. The number of esters is 1. The van der Waals surface area contributed by atoms with Gasteiger partial charge < -0.3 is 9.57 Å². The van der Waals surface area contributed by atoms with E-state index in [1.165, 1.54) is 0 Å². The summed E-state index contributed by atoms with van der Waals surface area (Å²) < 4.78 is 4.95. The maximum atomic E-state index is 12.1. The van der Waals surface area contributed by atoms with E-state index in [1.54, 1.807) is 31.2 Å². The second kappa shape index (κ2) is 7.35. The number of nitrogens with zero attached hydrogens (tertiary/aromatic N) is 3. The van der Waals surface area contributed by atoms with Crippen LogP contribution >= 0.6 is 0 Å². The molecule has 0 N–H and O–H groups in total. The molecule has 116 valence electrons. The molecule has 7 heteroatoms. The number of fused-ring (bicyclic) bond motifs is 1. The molecule has 0 bridgehead atoms. The van der Waals surface area contributed by atoms with Crippen LogP contribution in [0, 0.1) is 0 Å². The van der Waals surface area contributed by atoms with Gasteiger partial charge in [-0.3, -0.25) is 4.79 Å². The van der Waals surface area contributed by atoms with Crippen molar-refractivity contribution in [1.82, 2.24) is 15.2 Å². The van der Waals surface area contributed by atoms with Crippen molar-refractivity contribution in [2.45, 2.75) is 19.8 Å². The molecule has 0 amide bonds. The summed E-state index contributed by atoms with van der Waals surface area (Å²) in [6, 6.07) is 6.92. The first kappa shape index (κ1) is 15.7. The summed E-state index contributed by atoms with van der Waals surface area (Å²) in [6.45, 7) is 5.65. The van der Waals surface area contributed by atoms with Crippen molar-refractivity contribution < 1.29 is 14.4 Å². The zero-order valence-electron chi connectivity index (χ0n) is 12.3. The molecule has 0 aliphatic heterocycles. The number of carbonyl (C=O) groups excluding carboxylic acids is 1. The molecule has 0 aliphatic rings. The number of ether oxygens (including phenoxy) is 1. The van der Waals surface area contributed by atoms with Crippen molar-refractivity contribution in [3.05, 3.63) is 46.8 Å². The van der Waals surface area contributed by atoms with Crippen LogP contribution in [0.2, 0.25) is 0 Å². The minimum absolute atomic E-state index is 0.275. The maximum absolute atomic E-state index is 12.1. The molecule has 2 aromatic rings. The van der Waals surface area contributed by atoms with E-state index in [9.17, 15) is 9.59 Å². The largest absolute Gasteiger partial charge is 0.462 e. The fourth-order valence-corrected chi connectivity index (χ4v) is 1.70. The van der Waals surface area contributed by atoms with Gasteiger partial charge in [0.05, 0.1) is 12.0 Å². The summed E-state index contributed by atoms with van der Waals surface area (Å²) in [6.07, 6.45) is 1.24. The molecule has 0 fully saturated rings. The molecule has 0 saturated heterocycles. The van der Waals surface area contributed by atoms with Gasteiger partial charge in [-0.25, -0.2) is 4.79 Å². The third kappa shape index (κ3) is 3.91. The van der Waals surface area contributed by atoms with Gasteiger partial charge in [0.1, 0.15) is 12.1 Å². The summed E-state index contributed by atoms with van der Waals surface area (Å²) in [7, 11) is 0. The van der Waals surface area contributed by atoms with E-state index in [-0.39, 0.29) is 18.8 Å². The lowest BCUT2D eigenvalue weighted by Crippen LogP contribution is -2.31. The van der Waals surface area contributed by atoms with Gasteiger partial charge in [0.25, 0.3) is 0 Å². The molecule has 2 rings (SSSR count). The van der Waals surface area contributed by atoms with Crippen molar-refractivity contribution in [2.75, 3.05) is 13.2 Å². The molecule has 1 aromatic carbocycles. The predicted molar refractivity (Wildman–Crippen MR) is 80.3 cm³/mol. The second-order valence-electron chi connectivity index (χ2n) is 4.74. The van der Waals surface area contributed by atoms with Crippen molar-refractivity contribution in [3.63, 3.8) is 0 Å². The van der Waals surface area contributed by atoms with E-state index in [2.05, 4.69) is 16.9 Å². The highest BCUT2D eigenvalue weighted by Gasteiger charge is 2.06. The Bertz CT molecular complexity index is 739. The van der Waals surface area contributed by atoms with Gasteiger partial charge >= 0.3 is 11.5 Å². The van der Waals surface area contributed by atoms with Crippen LogP contribution in [0.3, 0.4) is 0 Å². The van der Waals surface area contributed by atoms with Crippen LogP contribution in [-0.2, 0) is 9.53 Å². The quantitative estimate of drug-likeness (QED) is 0.433. The summed E-state index contributed by atoms with van der Waals surface area (Å²) in [5.41, 5.74) is 0.549. The standard InChI is InChI=1S/C15H17N3O4/c1-11(2)15(20)21-9-5-6-10-22-18-14(19)12-7-3-4-8-13(12)16-17-18/h3-4,7-8H,1,5-6,9-10H2,2H3. The van der Waals surface area contributed by atoms with E-state index in [0.717, 1.165) is 4.85 Å². The van der Waals surface area contributed by atoms with E-state index in [1.807, 2.05) is 0 Å². The molecule has 7 nitrogen and oxygen atoms in total. The number of rotatable bonds is 7. The Balaban J connectivity index is 1.80. The Morgan fingerprint density at radius 1 is 1.27 bits per heavy atom. The van der Waals surface area contributed by atoms with Crippen molar-refractivity contribution in [3.8, 4) is 0 Å².